The molecule has 1 N–H and O–H groups in total. The van der Waals surface area contributed by atoms with Crippen molar-refractivity contribution in [2.24, 2.45) is 0 Å². The van der Waals surface area contributed by atoms with Gasteiger partial charge in [-0.2, -0.15) is 0 Å². The number of halogens is 1. The quantitative estimate of drug-likeness (QED) is 0.940. The number of hydrogen-bond acceptors (Lipinski definition) is 2. The second-order valence-electron chi connectivity index (χ2n) is 3.85. The number of carbonyl (C=O) groups is 1. The molecule has 0 saturated heterocycles. The standard InChI is InChI=1S/C14H13BrN2O/c1-2-10-9-12(15)3-4-13(10)17-14(18)11-5-7-16-8-6-11/h3-9H,2H2,1H3,(H,17,18). The molecule has 1 amide bonds. The fraction of sp³-hybridized carbons (Fsp3) is 0.143. The van der Waals surface area contributed by atoms with Crippen LogP contribution in [0.3, 0.4) is 0 Å². The maximum atomic E-state index is 12.0. The number of hydrogen-bond donors (Lipinski definition) is 1. The molecule has 2 rings (SSSR count). The van der Waals surface area contributed by atoms with Gasteiger partial charge in [-0.15, -0.1) is 0 Å². The molecular weight excluding hydrogens is 292 g/mol. The minimum atomic E-state index is -0.116. The van der Waals surface area contributed by atoms with E-state index in [1.807, 2.05) is 18.2 Å². The molecule has 0 saturated carbocycles. The molecule has 4 heteroatoms. The first-order valence-electron chi connectivity index (χ1n) is 5.70. The number of carbonyl (C=O) groups excluding carboxylic acids is 1. The largest absolute Gasteiger partial charge is 0.322 e. The summed E-state index contributed by atoms with van der Waals surface area (Å²) in [5, 5.41) is 2.92. The number of benzene rings is 1. The van der Waals surface area contributed by atoms with E-state index in [1.54, 1.807) is 24.5 Å². The highest BCUT2D eigenvalue weighted by molar-refractivity contribution is 9.10. The molecule has 1 heterocycles. The van der Waals surface area contributed by atoms with Crippen LogP contribution in [0.4, 0.5) is 5.69 Å². The minimum Gasteiger partial charge on any atom is -0.322 e. The summed E-state index contributed by atoms with van der Waals surface area (Å²) >= 11 is 3.43. The third kappa shape index (κ3) is 2.96. The Morgan fingerprint density at radius 3 is 2.67 bits per heavy atom. The monoisotopic (exact) mass is 304 g/mol. The van der Waals surface area contributed by atoms with Crippen molar-refractivity contribution in [1.29, 1.82) is 0 Å². The van der Waals surface area contributed by atoms with E-state index in [0.29, 0.717) is 5.56 Å². The first-order chi connectivity index (χ1) is 8.70. The maximum Gasteiger partial charge on any atom is 0.255 e. The fourth-order valence-corrected chi connectivity index (χ4v) is 2.08. The molecule has 18 heavy (non-hydrogen) atoms. The zero-order valence-electron chi connectivity index (χ0n) is 9.98. The highest BCUT2D eigenvalue weighted by atomic mass is 79.9. The van der Waals surface area contributed by atoms with Gasteiger partial charge in [0.25, 0.3) is 5.91 Å². The van der Waals surface area contributed by atoms with Crippen molar-refractivity contribution in [3.05, 3.63) is 58.3 Å². The minimum absolute atomic E-state index is 0.116. The van der Waals surface area contributed by atoms with Crippen LogP contribution in [0.1, 0.15) is 22.8 Å². The molecule has 92 valence electrons. The molecule has 0 spiro atoms. The van der Waals surface area contributed by atoms with Gasteiger partial charge in [0.15, 0.2) is 0 Å². The second-order valence-corrected chi connectivity index (χ2v) is 4.76. The highest BCUT2D eigenvalue weighted by Gasteiger charge is 2.08. The molecule has 1 aromatic carbocycles. The average molecular weight is 305 g/mol. The summed E-state index contributed by atoms with van der Waals surface area (Å²) in [5.41, 5.74) is 2.56. The number of aryl methyl sites for hydroxylation is 1. The summed E-state index contributed by atoms with van der Waals surface area (Å²) in [6.45, 7) is 2.06. The summed E-state index contributed by atoms with van der Waals surface area (Å²) < 4.78 is 1.02. The van der Waals surface area contributed by atoms with E-state index in [-0.39, 0.29) is 5.91 Å². The van der Waals surface area contributed by atoms with Gasteiger partial charge in [0.2, 0.25) is 0 Å². The SMILES string of the molecule is CCc1cc(Br)ccc1NC(=O)c1ccncc1. The fourth-order valence-electron chi connectivity index (χ4n) is 1.67. The van der Waals surface area contributed by atoms with Gasteiger partial charge in [-0.25, -0.2) is 0 Å². The van der Waals surface area contributed by atoms with Gasteiger partial charge in [-0.3, -0.25) is 9.78 Å². The van der Waals surface area contributed by atoms with Crippen LogP contribution in [0, 0.1) is 0 Å². The molecule has 0 bridgehead atoms. The zero-order valence-corrected chi connectivity index (χ0v) is 11.6. The lowest BCUT2D eigenvalue weighted by molar-refractivity contribution is 0.102. The Bertz CT molecular complexity index is 555. The lowest BCUT2D eigenvalue weighted by atomic mass is 10.1. The normalized spacial score (nSPS) is 10.1. The third-order valence-electron chi connectivity index (χ3n) is 2.64. The van der Waals surface area contributed by atoms with E-state index in [4.69, 9.17) is 0 Å². The van der Waals surface area contributed by atoms with E-state index in [1.165, 1.54) is 0 Å². The van der Waals surface area contributed by atoms with E-state index in [0.717, 1.165) is 22.1 Å². The second kappa shape index (κ2) is 5.78. The third-order valence-corrected chi connectivity index (χ3v) is 3.13. The molecule has 0 fully saturated rings. The predicted molar refractivity (Wildman–Crippen MR) is 75.7 cm³/mol. The number of nitrogens with zero attached hydrogens (tertiary/aromatic N) is 1. The van der Waals surface area contributed by atoms with E-state index in [2.05, 4.69) is 33.2 Å². The van der Waals surface area contributed by atoms with Gasteiger partial charge in [0, 0.05) is 28.1 Å². The van der Waals surface area contributed by atoms with Crippen LogP contribution in [-0.4, -0.2) is 10.9 Å². The Balaban J connectivity index is 2.22. The van der Waals surface area contributed by atoms with E-state index >= 15 is 0 Å². The smallest absolute Gasteiger partial charge is 0.255 e. The maximum absolute atomic E-state index is 12.0. The Labute approximate surface area is 114 Å². The summed E-state index contributed by atoms with van der Waals surface area (Å²) in [4.78, 5) is 15.9. The summed E-state index contributed by atoms with van der Waals surface area (Å²) in [6.07, 6.45) is 4.08. The van der Waals surface area contributed by atoms with Crippen LogP contribution in [-0.2, 0) is 6.42 Å². The number of nitrogens with one attached hydrogen (secondary N) is 1. The molecule has 1 aromatic heterocycles. The number of pyridine rings is 1. The number of anilines is 1. The van der Waals surface area contributed by atoms with Gasteiger partial charge in [-0.05, 0) is 42.3 Å². The molecule has 0 aliphatic rings. The van der Waals surface area contributed by atoms with Crippen LogP contribution in [0.15, 0.2) is 47.2 Å². The Morgan fingerprint density at radius 1 is 1.28 bits per heavy atom. The molecule has 0 aliphatic carbocycles. The molecule has 0 atom stereocenters. The summed E-state index contributed by atoms with van der Waals surface area (Å²) in [5.74, 6) is -0.116. The van der Waals surface area contributed by atoms with Gasteiger partial charge in [0.1, 0.15) is 0 Å². The van der Waals surface area contributed by atoms with Crippen LogP contribution >= 0.6 is 15.9 Å². The first-order valence-corrected chi connectivity index (χ1v) is 6.50. The lowest BCUT2D eigenvalue weighted by Gasteiger charge is -2.10. The first kappa shape index (κ1) is 12.8. The highest BCUT2D eigenvalue weighted by Crippen LogP contribution is 2.22. The Hall–Kier alpha value is -1.68. The molecule has 0 radical (unpaired) electrons. The zero-order chi connectivity index (χ0) is 13.0. The van der Waals surface area contributed by atoms with Crippen LogP contribution < -0.4 is 5.32 Å². The van der Waals surface area contributed by atoms with Gasteiger partial charge >= 0.3 is 0 Å². The van der Waals surface area contributed by atoms with Crippen molar-refractivity contribution < 1.29 is 4.79 Å². The van der Waals surface area contributed by atoms with Crippen LogP contribution in [0.5, 0.6) is 0 Å². The predicted octanol–water partition coefficient (Wildman–Crippen LogP) is 3.66. The lowest BCUT2D eigenvalue weighted by Crippen LogP contribution is -2.13. The van der Waals surface area contributed by atoms with E-state index in [9.17, 15) is 4.79 Å². The van der Waals surface area contributed by atoms with E-state index < -0.39 is 0 Å². The van der Waals surface area contributed by atoms with Crippen molar-refractivity contribution in [1.82, 2.24) is 4.98 Å². The Kier molecular flexibility index (Phi) is 4.10. The molecule has 0 unspecified atom stereocenters. The van der Waals surface area contributed by atoms with Gasteiger partial charge in [0.05, 0.1) is 0 Å². The van der Waals surface area contributed by atoms with Crippen molar-refractivity contribution >= 4 is 27.5 Å². The topological polar surface area (TPSA) is 42.0 Å². The van der Waals surface area contributed by atoms with Crippen LogP contribution in [0.25, 0.3) is 0 Å². The molecule has 0 aliphatic heterocycles. The van der Waals surface area contributed by atoms with Crippen molar-refractivity contribution in [2.45, 2.75) is 13.3 Å². The summed E-state index contributed by atoms with van der Waals surface area (Å²) in [7, 11) is 0. The number of rotatable bonds is 3. The number of aromatic nitrogens is 1. The van der Waals surface area contributed by atoms with Crippen molar-refractivity contribution in [3.63, 3.8) is 0 Å². The van der Waals surface area contributed by atoms with Crippen molar-refractivity contribution in [3.8, 4) is 0 Å². The molecular formula is C14H13BrN2O. The molecule has 3 nitrogen and oxygen atoms in total. The van der Waals surface area contributed by atoms with Gasteiger partial charge in [-0.1, -0.05) is 22.9 Å². The van der Waals surface area contributed by atoms with Crippen LogP contribution in [0.2, 0.25) is 0 Å². The summed E-state index contributed by atoms with van der Waals surface area (Å²) in [6, 6.07) is 9.23. The number of amides is 1. The van der Waals surface area contributed by atoms with Gasteiger partial charge < -0.3 is 5.32 Å². The molecule has 2 aromatic rings. The Morgan fingerprint density at radius 2 is 2.00 bits per heavy atom. The average Bonchev–Trinajstić information content (AvgIpc) is 2.41. The van der Waals surface area contributed by atoms with Crippen molar-refractivity contribution in [2.75, 3.05) is 5.32 Å².